The van der Waals surface area contributed by atoms with Gasteiger partial charge in [0.25, 0.3) is 0 Å². The van der Waals surface area contributed by atoms with E-state index < -0.39 is 25.9 Å². The zero-order valence-corrected chi connectivity index (χ0v) is 18.1. The minimum absolute atomic E-state index is 0.000480. The average molecular weight is 441 g/mol. The molecule has 1 fully saturated rings. The molecular formula is C20H25FN2O4S2. The van der Waals surface area contributed by atoms with E-state index in [1.807, 2.05) is 13.8 Å². The summed E-state index contributed by atoms with van der Waals surface area (Å²) in [5.41, 5.74) is 1.05. The first-order valence-electron chi connectivity index (χ1n) is 9.48. The second-order valence-electron chi connectivity index (χ2n) is 7.34. The van der Waals surface area contributed by atoms with Crippen molar-refractivity contribution < 1.29 is 21.2 Å². The lowest BCUT2D eigenvalue weighted by atomic mass is 10.0. The van der Waals surface area contributed by atoms with Crippen molar-refractivity contribution in [2.75, 3.05) is 26.2 Å². The van der Waals surface area contributed by atoms with Gasteiger partial charge in [-0.05, 0) is 54.3 Å². The molecule has 6 nitrogen and oxygen atoms in total. The molecule has 29 heavy (non-hydrogen) atoms. The monoisotopic (exact) mass is 440 g/mol. The third kappa shape index (κ3) is 4.69. The topological polar surface area (TPSA) is 74.8 Å². The Kier molecular flexibility index (Phi) is 6.42. The molecule has 0 amide bonds. The Morgan fingerprint density at radius 2 is 1.14 bits per heavy atom. The molecule has 1 aliphatic rings. The van der Waals surface area contributed by atoms with Gasteiger partial charge in [0.15, 0.2) is 0 Å². The first-order valence-corrected chi connectivity index (χ1v) is 12.4. The SMILES string of the molecule is CC(C)c1ccc(S(=O)(=O)N2CCCN(S(=O)(=O)c3ccc(F)cc3)CC2)cc1. The third-order valence-electron chi connectivity index (χ3n) is 5.05. The maximum absolute atomic E-state index is 13.1. The molecule has 0 N–H and O–H groups in total. The first kappa shape index (κ1) is 21.9. The van der Waals surface area contributed by atoms with Crippen LogP contribution in [0, 0.1) is 5.82 Å². The van der Waals surface area contributed by atoms with Gasteiger partial charge in [-0.1, -0.05) is 26.0 Å². The van der Waals surface area contributed by atoms with Crippen molar-refractivity contribution in [2.24, 2.45) is 0 Å². The Balaban J connectivity index is 1.77. The summed E-state index contributed by atoms with van der Waals surface area (Å²) in [5.74, 6) is -0.212. The number of rotatable bonds is 5. The zero-order chi connectivity index (χ0) is 21.2. The molecule has 0 unspecified atom stereocenters. The highest BCUT2D eigenvalue weighted by atomic mass is 32.2. The predicted octanol–water partition coefficient (Wildman–Crippen LogP) is 3.03. The molecule has 158 valence electrons. The van der Waals surface area contributed by atoms with Gasteiger partial charge in [0, 0.05) is 26.2 Å². The predicted molar refractivity (Wildman–Crippen MR) is 109 cm³/mol. The molecule has 0 atom stereocenters. The van der Waals surface area contributed by atoms with E-state index in [-0.39, 0.29) is 36.0 Å². The van der Waals surface area contributed by atoms with Crippen LogP contribution in [0.3, 0.4) is 0 Å². The maximum Gasteiger partial charge on any atom is 0.243 e. The van der Waals surface area contributed by atoms with Crippen LogP contribution in [0.2, 0.25) is 0 Å². The summed E-state index contributed by atoms with van der Waals surface area (Å²) in [5, 5.41) is 0. The largest absolute Gasteiger partial charge is 0.243 e. The molecule has 0 saturated carbocycles. The summed E-state index contributed by atoms with van der Waals surface area (Å²) in [6, 6.07) is 11.5. The zero-order valence-electron chi connectivity index (χ0n) is 16.5. The van der Waals surface area contributed by atoms with E-state index in [1.54, 1.807) is 24.3 Å². The van der Waals surface area contributed by atoms with Gasteiger partial charge in [0.1, 0.15) is 5.82 Å². The molecule has 1 aliphatic heterocycles. The number of halogens is 1. The summed E-state index contributed by atoms with van der Waals surface area (Å²) < 4.78 is 67.3. The highest BCUT2D eigenvalue weighted by molar-refractivity contribution is 7.89. The Labute approximate surface area is 172 Å². The van der Waals surface area contributed by atoms with Gasteiger partial charge in [0.05, 0.1) is 9.79 Å². The van der Waals surface area contributed by atoms with Crippen molar-refractivity contribution in [1.29, 1.82) is 0 Å². The molecule has 2 aromatic carbocycles. The Hall–Kier alpha value is -1.81. The number of hydrogen-bond donors (Lipinski definition) is 0. The van der Waals surface area contributed by atoms with Crippen molar-refractivity contribution in [3.05, 3.63) is 59.9 Å². The number of benzene rings is 2. The second-order valence-corrected chi connectivity index (χ2v) is 11.2. The van der Waals surface area contributed by atoms with Gasteiger partial charge in [-0.15, -0.1) is 0 Å². The molecule has 0 radical (unpaired) electrons. The van der Waals surface area contributed by atoms with Gasteiger partial charge in [-0.3, -0.25) is 0 Å². The van der Waals surface area contributed by atoms with E-state index in [0.717, 1.165) is 17.7 Å². The average Bonchev–Trinajstić information content (AvgIpc) is 2.96. The lowest BCUT2D eigenvalue weighted by molar-refractivity contribution is 0.404. The van der Waals surface area contributed by atoms with Crippen LogP contribution in [0.25, 0.3) is 0 Å². The molecule has 1 heterocycles. The molecule has 0 bridgehead atoms. The number of sulfonamides is 2. The Morgan fingerprint density at radius 1 is 0.724 bits per heavy atom. The molecule has 9 heteroatoms. The number of hydrogen-bond acceptors (Lipinski definition) is 4. The van der Waals surface area contributed by atoms with Crippen molar-refractivity contribution in [3.63, 3.8) is 0 Å². The summed E-state index contributed by atoms with van der Waals surface area (Å²) in [6.45, 7) is 4.63. The maximum atomic E-state index is 13.1. The van der Waals surface area contributed by atoms with Crippen LogP contribution < -0.4 is 0 Å². The smallest absolute Gasteiger partial charge is 0.207 e. The van der Waals surface area contributed by atoms with E-state index in [0.29, 0.717) is 12.3 Å². The molecule has 1 saturated heterocycles. The van der Waals surface area contributed by atoms with Gasteiger partial charge in [0.2, 0.25) is 20.0 Å². The molecule has 0 aromatic heterocycles. The van der Waals surface area contributed by atoms with Crippen LogP contribution in [0.1, 0.15) is 31.7 Å². The van der Waals surface area contributed by atoms with Crippen LogP contribution >= 0.6 is 0 Å². The number of nitrogens with zero attached hydrogens (tertiary/aromatic N) is 2. The third-order valence-corrected chi connectivity index (χ3v) is 8.88. The quantitative estimate of drug-likeness (QED) is 0.716. The fourth-order valence-electron chi connectivity index (χ4n) is 3.28. The minimum atomic E-state index is -3.81. The summed E-state index contributed by atoms with van der Waals surface area (Å²) >= 11 is 0. The van der Waals surface area contributed by atoms with Crippen LogP contribution in [0.4, 0.5) is 4.39 Å². The van der Waals surface area contributed by atoms with Crippen molar-refractivity contribution in [3.8, 4) is 0 Å². The van der Waals surface area contributed by atoms with E-state index in [9.17, 15) is 21.2 Å². The molecule has 2 aromatic rings. The van der Waals surface area contributed by atoms with Crippen LogP contribution in [0.15, 0.2) is 58.3 Å². The van der Waals surface area contributed by atoms with E-state index >= 15 is 0 Å². The summed E-state index contributed by atoms with van der Waals surface area (Å²) in [7, 11) is -7.51. The van der Waals surface area contributed by atoms with Gasteiger partial charge in [-0.2, -0.15) is 8.61 Å². The van der Waals surface area contributed by atoms with Crippen LogP contribution in [-0.2, 0) is 20.0 Å². The second kappa shape index (κ2) is 8.51. The normalized spacial score (nSPS) is 17.4. The fraction of sp³-hybridized carbons (Fsp3) is 0.400. The highest BCUT2D eigenvalue weighted by Gasteiger charge is 2.31. The standard InChI is InChI=1S/C20H25FN2O4S2/c1-16(2)17-4-8-19(9-5-17)28(24,25)22-12-3-13-23(15-14-22)29(26,27)20-10-6-18(21)7-11-20/h4-11,16H,3,12-15H2,1-2H3. The summed E-state index contributed by atoms with van der Waals surface area (Å²) in [6.07, 6.45) is 0.379. The van der Waals surface area contributed by atoms with Crippen LogP contribution in [-0.4, -0.2) is 51.6 Å². The minimum Gasteiger partial charge on any atom is -0.207 e. The molecule has 3 rings (SSSR count). The van der Waals surface area contributed by atoms with E-state index in [4.69, 9.17) is 0 Å². The molecule has 0 spiro atoms. The Bertz CT molecular complexity index is 1050. The van der Waals surface area contributed by atoms with E-state index in [2.05, 4.69) is 0 Å². The van der Waals surface area contributed by atoms with Gasteiger partial charge < -0.3 is 0 Å². The lowest BCUT2D eigenvalue weighted by Crippen LogP contribution is -2.37. The van der Waals surface area contributed by atoms with Gasteiger partial charge in [-0.25, -0.2) is 21.2 Å². The Morgan fingerprint density at radius 3 is 1.55 bits per heavy atom. The summed E-state index contributed by atoms with van der Waals surface area (Å²) in [4.78, 5) is 0.205. The van der Waals surface area contributed by atoms with Crippen LogP contribution in [0.5, 0.6) is 0 Å². The first-order chi connectivity index (χ1) is 13.6. The van der Waals surface area contributed by atoms with E-state index in [1.165, 1.54) is 20.7 Å². The molecule has 0 aliphatic carbocycles. The van der Waals surface area contributed by atoms with Crippen molar-refractivity contribution >= 4 is 20.0 Å². The van der Waals surface area contributed by atoms with Crippen molar-refractivity contribution in [1.82, 2.24) is 8.61 Å². The van der Waals surface area contributed by atoms with Crippen molar-refractivity contribution in [2.45, 2.75) is 36.0 Å². The fourth-order valence-corrected chi connectivity index (χ4v) is 6.22. The molecular weight excluding hydrogens is 415 g/mol. The lowest BCUT2D eigenvalue weighted by Gasteiger charge is -2.22. The van der Waals surface area contributed by atoms with Gasteiger partial charge >= 0.3 is 0 Å². The highest BCUT2D eigenvalue weighted by Crippen LogP contribution is 2.23.